The third-order valence-corrected chi connectivity index (χ3v) is 3.84. The number of nitrogens with zero attached hydrogens (tertiary/aromatic N) is 2. The van der Waals surface area contributed by atoms with E-state index in [1.54, 1.807) is 6.07 Å². The first kappa shape index (κ1) is 14.4. The topological polar surface area (TPSA) is 17.8 Å². The molecule has 5 heteroatoms. The van der Waals surface area contributed by atoms with Crippen LogP contribution < -0.4 is 0 Å². The van der Waals surface area contributed by atoms with Crippen LogP contribution >= 0.6 is 23.2 Å². The molecule has 2 nitrogen and oxygen atoms in total. The summed E-state index contributed by atoms with van der Waals surface area (Å²) in [6.45, 7) is 1.98. The molecule has 0 aliphatic carbocycles. The third-order valence-electron chi connectivity index (χ3n) is 3.41. The van der Waals surface area contributed by atoms with Gasteiger partial charge in [0.2, 0.25) is 0 Å². The normalized spacial score (nSPS) is 11.2. The molecule has 0 radical (unpaired) electrons. The molecule has 2 aromatic carbocycles. The zero-order valence-corrected chi connectivity index (χ0v) is 12.9. The van der Waals surface area contributed by atoms with E-state index in [2.05, 4.69) is 4.98 Å². The molecule has 21 heavy (non-hydrogen) atoms. The highest BCUT2D eigenvalue weighted by Gasteiger charge is 2.16. The molecular formula is C16H13Cl2FN2. The molecule has 3 rings (SSSR count). The molecule has 0 bridgehead atoms. The second kappa shape index (κ2) is 5.66. The minimum absolute atomic E-state index is 0.335. The molecule has 108 valence electrons. The number of rotatable bonds is 3. The van der Waals surface area contributed by atoms with Crippen molar-refractivity contribution in [1.29, 1.82) is 0 Å². The number of para-hydroxylation sites is 1. The molecule has 0 spiro atoms. The van der Waals surface area contributed by atoms with Gasteiger partial charge in [-0.15, -0.1) is 11.6 Å². The number of halogens is 3. The van der Waals surface area contributed by atoms with Crippen LogP contribution in [0.4, 0.5) is 4.39 Å². The summed E-state index contributed by atoms with van der Waals surface area (Å²) in [5.74, 6) is 0.818. The molecule has 0 saturated carbocycles. The number of alkyl halides is 1. The number of aromatic nitrogens is 2. The van der Waals surface area contributed by atoms with Crippen molar-refractivity contribution in [2.24, 2.45) is 0 Å². The first-order valence-corrected chi connectivity index (χ1v) is 7.51. The van der Waals surface area contributed by atoms with Crippen LogP contribution in [0.15, 0.2) is 36.4 Å². The van der Waals surface area contributed by atoms with E-state index in [1.165, 1.54) is 12.1 Å². The zero-order chi connectivity index (χ0) is 15.0. The van der Waals surface area contributed by atoms with Gasteiger partial charge in [0, 0.05) is 17.3 Å². The van der Waals surface area contributed by atoms with Crippen LogP contribution in [0.25, 0.3) is 16.7 Å². The summed E-state index contributed by atoms with van der Waals surface area (Å²) in [7, 11) is 0. The van der Waals surface area contributed by atoms with E-state index in [1.807, 2.05) is 29.7 Å². The van der Waals surface area contributed by atoms with Crippen LogP contribution in [0.3, 0.4) is 0 Å². The lowest BCUT2D eigenvalue weighted by Crippen LogP contribution is -2.05. The van der Waals surface area contributed by atoms with Crippen molar-refractivity contribution in [1.82, 2.24) is 9.55 Å². The Bertz CT molecular complexity index is 811. The van der Waals surface area contributed by atoms with Crippen molar-refractivity contribution in [3.63, 3.8) is 0 Å². The predicted octanol–water partition coefficient (Wildman–Crippen LogP) is 4.91. The fraction of sp³-hybridized carbons (Fsp3) is 0.188. The molecule has 0 atom stereocenters. The Balaban J connectivity index is 2.38. The Morgan fingerprint density at radius 3 is 2.81 bits per heavy atom. The van der Waals surface area contributed by atoms with E-state index in [-0.39, 0.29) is 5.82 Å². The highest BCUT2D eigenvalue weighted by molar-refractivity contribution is 6.30. The molecule has 0 aliphatic heterocycles. The van der Waals surface area contributed by atoms with Crippen LogP contribution in [0.1, 0.15) is 11.4 Å². The summed E-state index contributed by atoms with van der Waals surface area (Å²) in [6, 6.07) is 10.3. The highest BCUT2D eigenvalue weighted by Crippen LogP contribution is 2.28. The van der Waals surface area contributed by atoms with E-state index < -0.39 is 0 Å². The lowest BCUT2D eigenvalue weighted by molar-refractivity contribution is 0.617. The largest absolute Gasteiger partial charge is 0.293 e. The second-order valence-electron chi connectivity index (χ2n) is 4.84. The molecule has 0 amide bonds. The quantitative estimate of drug-likeness (QED) is 0.626. The number of benzene rings is 2. The van der Waals surface area contributed by atoms with Gasteiger partial charge in [-0.05, 0) is 36.8 Å². The molecule has 0 fully saturated rings. The van der Waals surface area contributed by atoms with Crippen LogP contribution in [0.2, 0.25) is 5.02 Å². The Hall–Kier alpha value is -1.58. The molecule has 1 aromatic heterocycles. The van der Waals surface area contributed by atoms with Crippen molar-refractivity contribution in [2.75, 3.05) is 5.88 Å². The highest BCUT2D eigenvalue weighted by atomic mass is 35.5. The summed E-state index contributed by atoms with van der Waals surface area (Å²) in [4.78, 5) is 4.58. The van der Waals surface area contributed by atoms with Crippen LogP contribution in [-0.4, -0.2) is 15.4 Å². The second-order valence-corrected chi connectivity index (χ2v) is 5.66. The minimum atomic E-state index is -0.335. The lowest BCUT2D eigenvalue weighted by Gasteiger charge is -2.11. The van der Waals surface area contributed by atoms with E-state index in [4.69, 9.17) is 23.2 Å². The maximum atomic E-state index is 14.3. The van der Waals surface area contributed by atoms with Gasteiger partial charge in [-0.25, -0.2) is 9.37 Å². The van der Waals surface area contributed by atoms with Gasteiger partial charge in [-0.1, -0.05) is 23.7 Å². The minimum Gasteiger partial charge on any atom is -0.293 e. The Morgan fingerprint density at radius 2 is 2.05 bits per heavy atom. The fourth-order valence-corrected chi connectivity index (χ4v) is 2.85. The average Bonchev–Trinajstić information content (AvgIpc) is 2.81. The number of aryl methyl sites for hydroxylation is 2. The van der Waals surface area contributed by atoms with Crippen molar-refractivity contribution in [3.05, 3.63) is 58.6 Å². The number of hydrogen-bond acceptors (Lipinski definition) is 1. The number of fused-ring (bicyclic) bond motifs is 1. The molecule has 0 N–H and O–H groups in total. The van der Waals surface area contributed by atoms with Gasteiger partial charge in [-0.2, -0.15) is 0 Å². The summed E-state index contributed by atoms with van der Waals surface area (Å²) in [5, 5.41) is 0.485. The van der Waals surface area contributed by atoms with Gasteiger partial charge in [0.1, 0.15) is 11.6 Å². The van der Waals surface area contributed by atoms with E-state index in [0.717, 1.165) is 22.4 Å². The van der Waals surface area contributed by atoms with Gasteiger partial charge in [-0.3, -0.25) is 4.57 Å². The summed E-state index contributed by atoms with van der Waals surface area (Å²) < 4.78 is 16.1. The number of imidazole rings is 1. The van der Waals surface area contributed by atoms with Crippen molar-refractivity contribution in [2.45, 2.75) is 13.3 Å². The summed E-state index contributed by atoms with van der Waals surface area (Å²) >= 11 is 11.9. The van der Waals surface area contributed by atoms with Gasteiger partial charge < -0.3 is 0 Å². The van der Waals surface area contributed by atoms with E-state index in [0.29, 0.717) is 23.0 Å². The average molecular weight is 323 g/mol. The van der Waals surface area contributed by atoms with Crippen LogP contribution in [0, 0.1) is 12.7 Å². The molecule has 0 saturated heterocycles. The van der Waals surface area contributed by atoms with Gasteiger partial charge >= 0.3 is 0 Å². The maximum Gasteiger partial charge on any atom is 0.147 e. The van der Waals surface area contributed by atoms with Gasteiger partial charge in [0.25, 0.3) is 0 Å². The molecule has 0 aliphatic rings. The Morgan fingerprint density at radius 1 is 1.24 bits per heavy atom. The monoisotopic (exact) mass is 322 g/mol. The van der Waals surface area contributed by atoms with Crippen molar-refractivity contribution in [3.8, 4) is 5.69 Å². The van der Waals surface area contributed by atoms with Crippen molar-refractivity contribution < 1.29 is 4.39 Å². The smallest absolute Gasteiger partial charge is 0.147 e. The molecule has 0 unspecified atom stereocenters. The summed E-state index contributed by atoms with van der Waals surface area (Å²) in [6.07, 6.45) is 0.557. The van der Waals surface area contributed by atoms with Crippen LogP contribution in [-0.2, 0) is 6.42 Å². The predicted molar refractivity (Wildman–Crippen MR) is 85.2 cm³/mol. The van der Waals surface area contributed by atoms with E-state index >= 15 is 0 Å². The Kier molecular flexibility index (Phi) is 3.87. The maximum absolute atomic E-state index is 14.3. The fourth-order valence-electron chi connectivity index (χ4n) is 2.51. The zero-order valence-electron chi connectivity index (χ0n) is 11.4. The molecular weight excluding hydrogens is 310 g/mol. The van der Waals surface area contributed by atoms with Crippen LogP contribution in [0.5, 0.6) is 0 Å². The molecule has 3 aromatic rings. The van der Waals surface area contributed by atoms with Gasteiger partial charge in [0.15, 0.2) is 0 Å². The SMILES string of the molecule is Cc1cccc2nc(CCCl)n(-c3cc(Cl)ccc3F)c12. The number of hydrogen-bond donors (Lipinski definition) is 0. The standard InChI is InChI=1S/C16H13Cl2FN2/c1-10-3-2-4-13-16(10)21(15(20-13)7-8-17)14-9-11(18)5-6-12(14)19/h2-6,9H,7-8H2,1H3. The first-order valence-electron chi connectivity index (χ1n) is 6.60. The van der Waals surface area contributed by atoms with E-state index in [9.17, 15) is 4.39 Å². The molecule has 1 heterocycles. The Labute approximate surface area is 132 Å². The third kappa shape index (κ3) is 2.52. The van der Waals surface area contributed by atoms with Gasteiger partial charge in [0.05, 0.1) is 16.7 Å². The summed E-state index contributed by atoms with van der Waals surface area (Å²) in [5.41, 5.74) is 3.15. The van der Waals surface area contributed by atoms with Crippen molar-refractivity contribution >= 4 is 34.2 Å². The first-order chi connectivity index (χ1) is 10.1. The lowest BCUT2D eigenvalue weighted by atomic mass is 10.2.